The van der Waals surface area contributed by atoms with Crippen LogP contribution in [0.3, 0.4) is 0 Å². The summed E-state index contributed by atoms with van der Waals surface area (Å²) in [6.07, 6.45) is 0.535. The summed E-state index contributed by atoms with van der Waals surface area (Å²) in [6.45, 7) is 0.402. The number of halogens is 1. The van der Waals surface area contributed by atoms with E-state index in [2.05, 4.69) is 18.2 Å². The van der Waals surface area contributed by atoms with Gasteiger partial charge in [-0.25, -0.2) is 0 Å². The Balaban J connectivity index is 1.73. The van der Waals surface area contributed by atoms with Crippen LogP contribution in [0.25, 0.3) is 11.1 Å². The smallest absolute Gasteiger partial charge is 0.303 e. The molecule has 0 aliphatic heterocycles. The second-order valence-corrected chi connectivity index (χ2v) is 6.38. The van der Waals surface area contributed by atoms with Crippen molar-refractivity contribution in [1.82, 2.24) is 0 Å². The van der Waals surface area contributed by atoms with Gasteiger partial charge >= 0.3 is 5.97 Å². The fourth-order valence-electron chi connectivity index (χ4n) is 2.77. The molecule has 0 heterocycles. The number of aliphatic carboxylic acids is 1. The van der Waals surface area contributed by atoms with Crippen LogP contribution in [0.2, 0.25) is 5.02 Å². The van der Waals surface area contributed by atoms with Gasteiger partial charge in [0.2, 0.25) is 0 Å². The molecule has 0 bridgehead atoms. The van der Waals surface area contributed by atoms with Crippen LogP contribution in [0.4, 0.5) is 0 Å². The van der Waals surface area contributed by atoms with Gasteiger partial charge in [-0.3, -0.25) is 4.79 Å². The molecule has 26 heavy (non-hydrogen) atoms. The Bertz CT molecular complexity index is 891. The van der Waals surface area contributed by atoms with Crippen LogP contribution in [0.5, 0.6) is 5.75 Å². The van der Waals surface area contributed by atoms with Gasteiger partial charge in [0.05, 0.1) is 5.02 Å². The Hall–Kier alpha value is -2.78. The number of carbonyl (C=O) groups is 1. The molecule has 3 nitrogen and oxygen atoms in total. The van der Waals surface area contributed by atoms with E-state index < -0.39 is 5.97 Å². The Morgan fingerprint density at radius 1 is 0.962 bits per heavy atom. The third-order valence-corrected chi connectivity index (χ3v) is 4.40. The molecule has 0 atom stereocenters. The summed E-state index contributed by atoms with van der Waals surface area (Å²) in [4.78, 5) is 10.7. The summed E-state index contributed by atoms with van der Waals surface area (Å²) in [5.41, 5.74) is 4.23. The Labute approximate surface area is 157 Å². The number of hydrogen-bond acceptors (Lipinski definition) is 2. The highest BCUT2D eigenvalue weighted by atomic mass is 35.5. The van der Waals surface area contributed by atoms with Gasteiger partial charge in [-0.2, -0.15) is 0 Å². The van der Waals surface area contributed by atoms with Crippen LogP contribution in [-0.4, -0.2) is 11.1 Å². The molecule has 1 N–H and O–H groups in total. The van der Waals surface area contributed by atoms with Crippen LogP contribution >= 0.6 is 11.6 Å². The molecule has 132 valence electrons. The summed E-state index contributed by atoms with van der Waals surface area (Å²) in [5, 5.41) is 9.26. The molecule has 0 amide bonds. The number of carboxylic acids is 1. The van der Waals surface area contributed by atoms with E-state index in [0.717, 1.165) is 22.3 Å². The van der Waals surface area contributed by atoms with Crippen molar-refractivity contribution < 1.29 is 14.6 Å². The molecular weight excluding hydrogens is 348 g/mol. The molecule has 0 aliphatic carbocycles. The summed E-state index contributed by atoms with van der Waals surface area (Å²) < 4.78 is 5.92. The quantitative estimate of drug-likeness (QED) is 0.591. The Kier molecular flexibility index (Phi) is 5.92. The van der Waals surface area contributed by atoms with Crippen molar-refractivity contribution in [2.24, 2.45) is 0 Å². The second-order valence-electron chi connectivity index (χ2n) is 5.97. The van der Waals surface area contributed by atoms with Crippen LogP contribution in [0.15, 0.2) is 72.8 Å². The van der Waals surface area contributed by atoms with Crippen molar-refractivity contribution in [3.05, 3.63) is 88.9 Å². The second kappa shape index (κ2) is 8.54. The minimum atomic E-state index is -0.820. The highest BCUT2D eigenvalue weighted by Crippen LogP contribution is 2.29. The first kappa shape index (κ1) is 18.0. The maximum absolute atomic E-state index is 10.7. The van der Waals surface area contributed by atoms with E-state index in [-0.39, 0.29) is 6.42 Å². The standard InChI is InChI=1S/C22H19ClO3/c23-20-14-16(11-13-22(24)25)10-12-21(20)26-15-18-8-4-5-9-19(18)17-6-2-1-3-7-17/h1-10,12,14H,11,13,15H2,(H,24,25). The van der Waals surface area contributed by atoms with E-state index in [1.807, 2.05) is 42.5 Å². The molecule has 0 unspecified atom stereocenters. The molecule has 3 aromatic carbocycles. The lowest BCUT2D eigenvalue weighted by Crippen LogP contribution is -2.00. The highest BCUT2D eigenvalue weighted by Gasteiger charge is 2.08. The molecule has 0 saturated carbocycles. The van der Waals surface area contributed by atoms with Crippen LogP contribution < -0.4 is 4.74 Å². The Morgan fingerprint density at radius 3 is 2.42 bits per heavy atom. The molecule has 0 aliphatic rings. The zero-order chi connectivity index (χ0) is 18.4. The lowest BCUT2D eigenvalue weighted by atomic mass is 10.0. The monoisotopic (exact) mass is 366 g/mol. The molecular formula is C22H19ClO3. The number of rotatable bonds is 7. The van der Waals surface area contributed by atoms with Gasteiger partial charge in [0.15, 0.2) is 0 Å². The fourth-order valence-corrected chi connectivity index (χ4v) is 3.03. The van der Waals surface area contributed by atoms with Gasteiger partial charge in [-0.1, -0.05) is 72.3 Å². The van der Waals surface area contributed by atoms with E-state index in [1.54, 1.807) is 12.1 Å². The van der Waals surface area contributed by atoms with Crippen molar-refractivity contribution in [1.29, 1.82) is 0 Å². The molecule has 3 aromatic rings. The first-order valence-electron chi connectivity index (χ1n) is 8.40. The van der Waals surface area contributed by atoms with Gasteiger partial charge in [-0.05, 0) is 40.8 Å². The number of benzene rings is 3. The molecule has 0 radical (unpaired) electrons. The van der Waals surface area contributed by atoms with Crippen molar-refractivity contribution in [2.45, 2.75) is 19.4 Å². The number of hydrogen-bond donors (Lipinski definition) is 1. The summed E-state index contributed by atoms with van der Waals surface area (Å²) in [7, 11) is 0. The largest absolute Gasteiger partial charge is 0.487 e. The lowest BCUT2D eigenvalue weighted by Gasteiger charge is -2.13. The molecule has 0 fully saturated rings. The number of aryl methyl sites for hydroxylation is 1. The average Bonchev–Trinajstić information content (AvgIpc) is 2.66. The molecule has 0 saturated heterocycles. The zero-order valence-corrected chi connectivity index (χ0v) is 14.9. The average molecular weight is 367 g/mol. The van der Waals surface area contributed by atoms with Gasteiger partial charge < -0.3 is 9.84 Å². The van der Waals surface area contributed by atoms with Gasteiger partial charge in [0.1, 0.15) is 12.4 Å². The summed E-state index contributed by atoms with van der Waals surface area (Å²) in [5.74, 6) is -0.229. The van der Waals surface area contributed by atoms with E-state index in [4.69, 9.17) is 21.4 Å². The number of ether oxygens (including phenoxy) is 1. The van der Waals surface area contributed by atoms with E-state index in [0.29, 0.717) is 23.8 Å². The third-order valence-electron chi connectivity index (χ3n) is 4.11. The van der Waals surface area contributed by atoms with Crippen LogP contribution in [0.1, 0.15) is 17.5 Å². The van der Waals surface area contributed by atoms with Gasteiger partial charge in [0, 0.05) is 6.42 Å². The van der Waals surface area contributed by atoms with E-state index >= 15 is 0 Å². The predicted molar refractivity (Wildman–Crippen MR) is 104 cm³/mol. The van der Waals surface area contributed by atoms with Crippen LogP contribution in [-0.2, 0) is 17.8 Å². The van der Waals surface area contributed by atoms with E-state index in [9.17, 15) is 4.79 Å². The molecule has 0 spiro atoms. The first-order chi connectivity index (χ1) is 12.6. The van der Waals surface area contributed by atoms with E-state index in [1.165, 1.54) is 0 Å². The van der Waals surface area contributed by atoms with Crippen LogP contribution in [0, 0.1) is 0 Å². The Morgan fingerprint density at radius 2 is 1.69 bits per heavy atom. The minimum absolute atomic E-state index is 0.0843. The lowest BCUT2D eigenvalue weighted by molar-refractivity contribution is -0.136. The predicted octanol–water partition coefficient (Wildman–Crippen LogP) is 5.60. The SMILES string of the molecule is O=C(O)CCc1ccc(OCc2ccccc2-c2ccccc2)c(Cl)c1. The maximum atomic E-state index is 10.7. The fraction of sp³-hybridized carbons (Fsp3) is 0.136. The molecule has 3 rings (SSSR count). The van der Waals surface area contributed by atoms with Crippen molar-refractivity contribution in [3.63, 3.8) is 0 Å². The van der Waals surface area contributed by atoms with Crippen molar-refractivity contribution >= 4 is 17.6 Å². The zero-order valence-electron chi connectivity index (χ0n) is 14.2. The third kappa shape index (κ3) is 4.64. The van der Waals surface area contributed by atoms with Crippen molar-refractivity contribution in [2.75, 3.05) is 0 Å². The van der Waals surface area contributed by atoms with Gasteiger partial charge in [-0.15, -0.1) is 0 Å². The number of carboxylic acid groups (broad SMARTS) is 1. The summed E-state index contributed by atoms with van der Waals surface area (Å²) in [6, 6.07) is 23.7. The minimum Gasteiger partial charge on any atom is -0.487 e. The topological polar surface area (TPSA) is 46.5 Å². The molecule has 0 aromatic heterocycles. The molecule has 4 heteroatoms. The van der Waals surface area contributed by atoms with Gasteiger partial charge in [0.25, 0.3) is 0 Å². The maximum Gasteiger partial charge on any atom is 0.303 e. The van der Waals surface area contributed by atoms with Crippen molar-refractivity contribution in [3.8, 4) is 16.9 Å². The summed E-state index contributed by atoms with van der Waals surface area (Å²) >= 11 is 6.30. The highest BCUT2D eigenvalue weighted by molar-refractivity contribution is 6.32. The normalized spacial score (nSPS) is 10.5. The first-order valence-corrected chi connectivity index (χ1v) is 8.77.